The molecule has 5 nitrogen and oxygen atoms in total. The van der Waals surface area contributed by atoms with Crippen molar-refractivity contribution in [2.24, 2.45) is 4.99 Å². The van der Waals surface area contributed by atoms with E-state index in [0.29, 0.717) is 4.91 Å². The number of aromatic nitrogens is 1. The van der Waals surface area contributed by atoms with Gasteiger partial charge in [-0.05, 0) is 23.8 Å². The van der Waals surface area contributed by atoms with Crippen molar-refractivity contribution < 1.29 is 9.53 Å². The quantitative estimate of drug-likeness (QED) is 0.798. The molecular weight excluding hydrogens is 274 g/mol. The van der Waals surface area contributed by atoms with E-state index in [1.165, 1.54) is 11.8 Å². The first kappa shape index (κ1) is 12.7. The number of nitrogens with zero attached hydrogens (tertiary/aromatic N) is 3. The summed E-state index contributed by atoms with van der Waals surface area (Å²) in [7, 11) is 0. The Morgan fingerprint density at radius 2 is 2.20 bits per heavy atom. The zero-order chi connectivity index (χ0) is 13.8. The van der Waals surface area contributed by atoms with E-state index in [2.05, 4.69) is 9.98 Å². The summed E-state index contributed by atoms with van der Waals surface area (Å²) in [4.78, 5) is 22.3. The first-order chi connectivity index (χ1) is 9.83. The number of hydrogen-bond donors (Lipinski definition) is 0. The maximum Gasteiger partial charge on any atom is 0.346 e. The Morgan fingerprint density at radius 3 is 3.05 bits per heavy atom. The molecule has 3 heterocycles. The highest BCUT2D eigenvalue weighted by Crippen LogP contribution is 2.29. The summed E-state index contributed by atoms with van der Waals surface area (Å²) in [6.45, 7) is 0.240. The SMILES string of the molecule is O=C(OCc1ccncc1)C1=CN2C=NC=CC2=CS1. The van der Waals surface area contributed by atoms with Gasteiger partial charge in [-0.3, -0.25) is 4.98 Å². The zero-order valence-corrected chi connectivity index (χ0v) is 11.3. The van der Waals surface area contributed by atoms with Gasteiger partial charge in [-0.25, -0.2) is 9.79 Å². The third-order valence-corrected chi connectivity index (χ3v) is 3.59. The average molecular weight is 285 g/mol. The van der Waals surface area contributed by atoms with Gasteiger partial charge in [0.15, 0.2) is 0 Å². The number of esters is 1. The van der Waals surface area contributed by atoms with E-state index in [1.54, 1.807) is 36.0 Å². The standard InChI is InChI=1S/C14H11N3O2S/c18-14(19-8-11-1-4-15-5-2-11)13-7-17-10-16-6-3-12(17)9-20-13/h1-7,9-10H,8H2. The molecule has 0 spiro atoms. The molecule has 0 unspecified atom stereocenters. The smallest absolute Gasteiger partial charge is 0.346 e. The van der Waals surface area contributed by atoms with E-state index < -0.39 is 0 Å². The van der Waals surface area contributed by atoms with Crippen molar-refractivity contribution in [2.45, 2.75) is 6.61 Å². The Kier molecular flexibility index (Phi) is 3.64. The van der Waals surface area contributed by atoms with Crippen molar-refractivity contribution >= 4 is 24.1 Å². The van der Waals surface area contributed by atoms with Crippen molar-refractivity contribution in [1.29, 1.82) is 0 Å². The van der Waals surface area contributed by atoms with Gasteiger partial charge >= 0.3 is 5.97 Å². The second-order valence-corrected chi connectivity index (χ2v) is 4.98. The summed E-state index contributed by atoms with van der Waals surface area (Å²) >= 11 is 1.35. The number of carbonyl (C=O) groups excluding carboxylic acids is 1. The summed E-state index contributed by atoms with van der Waals surface area (Å²) in [6, 6.07) is 3.63. The van der Waals surface area contributed by atoms with E-state index in [0.717, 1.165) is 11.3 Å². The van der Waals surface area contributed by atoms with Crippen LogP contribution < -0.4 is 0 Å². The van der Waals surface area contributed by atoms with Gasteiger partial charge in [-0.1, -0.05) is 11.8 Å². The number of fused-ring (bicyclic) bond motifs is 1. The lowest BCUT2D eigenvalue weighted by Crippen LogP contribution is -2.20. The van der Waals surface area contributed by atoms with Crippen molar-refractivity contribution in [1.82, 2.24) is 9.88 Å². The minimum Gasteiger partial charge on any atom is -0.457 e. The molecule has 0 saturated heterocycles. The highest BCUT2D eigenvalue weighted by Gasteiger charge is 2.19. The third-order valence-electron chi connectivity index (χ3n) is 2.70. The Balaban J connectivity index is 1.62. The summed E-state index contributed by atoms with van der Waals surface area (Å²) in [5.74, 6) is -0.343. The molecule has 0 N–H and O–H groups in total. The minimum absolute atomic E-state index is 0.240. The Morgan fingerprint density at radius 1 is 1.35 bits per heavy atom. The predicted octanol–water partition coefficient (Wildman–Crippen LogP) is 2.41. The van der Waals surface area contributed by atoms with E-state index in [9.17, 15) is 4.79 Å². The zero-order valence-electron chi connectivity index (χ0n) is 10.5. The first-order valence-electron chi connectivity index (χ1n) is 5.96. The van der Waals surface area contributed by atoms with Crippen LogP contribution in [0.1, 0.15) is 5.56 Å². The van der Waals surface area contributed by atoms with Gasteiger partial charge in [0.25, 0.3) is 0 Å². The first-order valence-corrected chi connectivity index (χ1v) is 6.84. The number of allylic oxidation sites excluding steroid dienone is 1. The van der Waals surface area contributed by atoms with E-state index in [1.807, 2.05) is 23.6 Å². The van der Waals surface area contributed by atoms with Crippen molar-refractivity contribution in [3.8, 4) is 0 Å². The maximum atomic E-state index is 12.0. The number of ether oxygens (including phenoxy) is 1. The van der Waals surface area contributed by atoms with E-state index >= 15 is 0 Å². The van der Waals surface area contributed by atoms with Gasteiger partial charge in [0.2, 0.25) is 0 Å². The molecule has 0 fully saturated rings. The van der Waals surface area contributed by atoms with E-state index in [-0.39, 0.29) is 12.6 Å². The maximum absolute atomic E-state index is 12.0. The Hall–Kier alpha value is -2.34. The lowest BCUT2D eigenvalue weighted by Gasteiger charge is -2.22. The van der Waals surface area contributed by atoms with Crippen molar-refractivity contribution in [3.05, 3.63) is 64.6 Å². The van der Waals surface area contributed by atoms with Gasteiger partial charge < -0.3 is 9.64 Å². The molecule has 2 aliphatic heterocycles. The Labute approximate surface area is 120 Å². The number of thioether (sulfide) groups is 1. The van der Waals surface area contributed by atoms with Gasteiger partial charge in [-0.15, -0.1) is 0 Å². The molecule has 0 atom stereocenters. The summed E-state index contributed by atoms with van der Waals surface area (Å²) in [6.07, 6.45) is 10.3. The summed E-state index contributed by atoms with van der Waals surface area (Å²) in [5, 5.41) is 1.89. The van der Waals surface area contributed by atoms with Crippen LogP contribution in [-0.2, 0) is 16.1 Å². The largest absolute Gasteiger partial charge is 0.457 e. The molecule has 0 aliphatic carbocycles. The van der Waals surface area contributed by atoms with Crippen molar-refractivity contribution in [3.63, 3.8) is 0 Å². The molecule has 1 aromatic rings. The number of aliphatic imine (C=N–C) groups is 1. The summed E-state index contributed by atoms with van der Waals surface area (Å²) < 4.78 is 5.27. The lowest BCUT2D eigenvalue weighted by molar-refractivity contribution is -0.139. The molecule has 6 heteroatoms. The van der Waals surface area contributed by atoms with Gasteiger partial charge in [-0.2, -0.15) is 0 Å². The fraction of sp³-hybridized carbons (Fsp3) is 0.0714. The topological polar surface area (TPSA) is 54.8 Å². The molecule has 100 valence electrons. The van der Waals surface area contributed by atoms with Crippen LogP contribution in [0.5, 0.6) is 0 Å². The monoisotopic (exact) mass is 285 g/mol. The highest BCUT2D eigenvalue weighted by molar-refractivity contribution is 8.06. The predicted molar refractivity (Wildman–Crippen MR) is 77.3 cm³/mol. The number of hydrogen-bond acceptors (Lipinski definition) is 6. The normalized spacial score (nSPS) is 16.3. The second-order valence-electron chi connectivity index (χ2n) is 4.07. The number of pyridine rings is 1. The molecule has 2 aliphatic rings. The second kappa shape index (κ2) is 5.75. The Bertz CT molecular complexity index is 635. The third kappa shape index (κ3) is 2.80. The highest BCUT2D eigenvalue weighted by atomic mass is 32.2. The van der Waals surface area contributed by atoms with E-state index in [4.69, 9.17) is 4.74 Å². The fourth-order valence-corrected chi connectivity index (χ4v) is 2.45. The number of rotatable bonds is 3. The molecule has 0 saturated carbocycles. The van der Waals surface area contributed by atoms with Crippen LogP contribution in [0, 0.1) is 0 Å². The van der Waals surface area contributed by atoms with Crippen LogP contribution in [0.15, 0.2) is 64.0 Å². The summed E-state index contributed by atoms with van der Waals surface area (Å²) in [5.41, 5.74) is 1.89. The minimum atomic E-state index is -0.343. The van der Waals surface area contributed by atoms with Gasteiger partial charge in [0, 0.05) is 30.2 Å². The molecular formula is C14H11N3O2S. The van der Waals surface area contributed by atoms with Crippen LogP contribution in [0.4, 0.5) is 0 Å². The molecule has 0 amide bonds. The van der Waals surface area contributed by atoms with Gasteiger partial charge in [0.1, 0.15) is 11.5 Å². The molecule has 20 heavy (non-hydrogen) atoms. The van der Waals surface area contributed by atoms with Crippen molar-refractivity contribution in [2.75, 3.05) is 0 Å². The van der Waals surface area contributed by atoms with Gasteiger partial charge in [0.05, 0.1) is 12.0 Å². The fourth-order valence-electron chi connectivity index (χ4n) is 1.67. The van der Waals surface area contributed by atoms with Crippen LogP contribution in [0.25, 0.3) is 0 Å². The molecule has 0 bridgehead atoms. The van der Waals surface area contributed by atoms with Crippen LogP contribution >= 0.6 is 11.8 Å². The molecule has 1 aromatic heterocycles. The number of carbonyl (C=O) groups is 1. The van der Waals surface area contributed by atoms with Crippen LogP contribution in [0.3, 0.4) is 0 Å². The molecule has 0 aromatic carbocycles. The molecule has 3 rings (SSSR count). The van der Waals surface area contributed by atoms with Crippen LogP contribution in [0.2, 0.25) is 0 Å². The lowest BCUT2D eigenvalue weighted by atomic mass is 10.3. The van der Waals surface area contributed by atoms with Crippen LogP contribution in [-0.4, -0.2) is 22.2 Å². The average Bonchev–Trinajstić information content (AvgIpc) is 2.53. The molecule has 0 radical (unpaired) electrons.